The van der Waals surface area contributed by atoms with Crippen molar-refractivity contribution in [1.29, 1.82) is 0 Å². The van der Waals surface area contributed by atoms with Gasteiger partial charge < -0.3 is 5.32 Å². The molecular formula is C5H6N8. The topological polar surface area (TPSA) is 108 Å². The number of hydrogen-bond acceptors (Lipinski definition) is 5. The molecule has 0 bridgehead atoms. The molecule has 0 saturated heterocycles. The van der Waals surface area contributed by atoms with Gasteiger partial charge in [0.1, 0.15) is 12.7 Å². The molecule has 0 radical (unpaired) electrons. The van der Waals surface area contributed by atoms with Crippen LogP contribution in [0.3, 0.4) is 0 Å². The summed E-state index contributed by atoms with van der Waals surface area (Å²) >= 11 is 0. The second-order valence-electron chi connectivity index (χ2n) is 2.05. The third-order valence-electron chi connectivity index (χ3n) is 1.21. The zero-order chi connectivity index (χ0) is 8.93. The van der Waals surface area contributed by atoms with Crippen LogP contribution in [0.2, 0.25) is 0 Å². The molecule has 8 heteroatoms. The van der Waals surface area contributed by atoms with Gasteiger partial charge in [-0.2, -0.15) is 20.2 Å². The minimum atomic E-state index is 0.423. The maximum atomic E-state index is 3.89. The normalized spacial score (nSPS) is 10.8. The molecule has 0 aliphatic carbocycles. The van der Waals surface area contributed by atoms with Gasteiger partial charge in [-0.05, 0) is 0 Å². The number of aromatic amines is 2. The molecule has 8 nitrogen and oxygen atoms in total. The first-order chi connectivity index (χ1) is 6.45. The Kier molecular flexibility index (Phi) is 1.95. The van der Waals surface area contributed by atoms with E-state index in [1.165, 1.54) is 19.0 Å². The number of H-pyrrole nitrogens is 2. The highest BCUT2D eigenvalue weighted by atomic mass is 15.3. The van der Waals surface area contributed by atoms with Crippen molar-refractivity contribution in [1.82, 2.24) is 30.4 Å². The van der Waals surface area contributed by atoms with Crippen molar-refractivity contribution in [3.8, 4) is 0 Å². The predicted molar refractivity (Wildman–Crippen MR) is 44.5 cm³/mol. The number of aromatic nitrogens is 6. The maximum absolute atomic E-state index is 3.89. The number of anilines is 1. The molecule has 0 fully saturated rings. The van der Waals surface area contributed by atoms with Crippen molar-refractivity contribution in [3.05, 3.63) is 12.7 Å². The van der Waals surface area contributed by atoms with E-state index in [1.807, 2.05) is 0 Å². The number of nitrogens with one attached hydrogen (secondary N) is 3. The van der Waals surface area contributed by atoms with E-state index in [1.54, 1.807) is 0 Å². The third kappa shape index (κ3) is 1.86. The summed E-state index contributed by atoms with van der Waals surface area (Å²) in [6.07, 6.45) is 4.20. The van der Waals surface area contributed by atoms with Crippen LogP contribution < -0.4 is 5.32 Å². The number of hydrogen-bond donors (Lipinski definition) is 3. The summed E-state index contributed by atoms with van der Waals surface area (Å²) in [5, 5.41) is 15.2. The van der Waals surface area contributed by atoms with Gasteiger partial charge in [-0.25, -0.2) is 15.2 Å². The fraction of sp³-hybridized carbons (Fsp3) is 0. The van der Waals surface area contributed by atoms with Crippen molar-refractivity contribution in [2.75, 3.05) is 5.32 Å². The Morgan fingerprint density at radius 2 is 2.08 bits per heavy atom. The van der Waals surface area contributed by atoms with Crippen LogP contribution in [-0.4, -0.2) is 36.7 Å². The molecule has 2 rings (SSSR count). The molecule has 0 aromatic carbocycles. The van der Waals surface area contributed by atoms with Crippen LogP contribution in [0.15, 0.2) is 17.6 Å². The lowest BCUT2D eigenvalue weighted by Gasteiger charge is -1.89. The summed E-state index contributed by atoms with van der Waals surface area (Å²) in [7, 11) is 0. The fourth-order valence-electron chi connectivity index (χ4n) is 0.691. The van der Waals surface area contributed by atoms with Gasteiger partial charge in [-0.15, -0.1) is 0 Å². The zero-order valence-corrected chi connectivity index (χ0v) is 6.47. The number of rotatable bonds is 3. The van der Waals surface area contributed by atoms with Crippen LogP contribution in [0.4, 0.5) is 11.9 Å². The standard InChI is InChI=1S/C5H6N8/c1(6-4-8-2-10-12-4)7-5-9-3-11-13-5/h1-3H,(H3,6,7,8,9,10,11,12,13). The summed E-state index contributed by atoms with van der Waals surface area (Å²) in [5.41, 5.74) is 0. The molecule has 0 spiro atoms. The van der Waals surface area contributed by atoms with Crippen LogP contribution >= 0.6 is 0 Å². The smallest absolute Gasteiger partial charge is 0.246 e. The van der Waals surface area contributed by atoms with Gasteiger partial charge in [0, 0.05) is 0 Å². The monoisotopic (exact) mass is 178 g/mol. The molecular weight excluding hydrogens is 172 g/mol. The van der Waals surface area contributed by atoms with Crippen molar-refractivity contribution >= 4 is 18.2 Å². The first-order valence-corrected chi connectivity index (χ1v) is 3.45. The van der Waals surface area contributed by atoms with Gasteiger partial charge in [-0.1, -0.05) is 0 Å². The summed E-state index contributed by atoms with van der Waals surface area (Å²) in [6, 6.07) is 0. The van der Waals surface area contributed by atoms with E-state index >= 15 is 0 Å². The molecule has 66 valence electrons. The van der Waals surface area contributed by atoms with Crippen LogP contribution in [0, 0.1) is 0 Å². The SMILES string of the molecule is C(=N/c1ncn[nH]1)/Nc1ncn[nH]1. The summed E-state index contributed by atoms with van der Waals surface area (Å²) < 4.78 is 0. The molecule has 0 saturated carbocycles. The van der Waals surface area contributed by atoms with E-state index in [0.29, 0.717) is 11.9 Å². The molecule has 0 amide bonds. The van der Waals surface area contributed by atoms with Gasteiger partial charge >= 0.3 is 0 Å². The predicted octanol–water partition coefficient (Wildman–Crippen LogP) is -0.305. The van der Waals surface area contributed by atoms with Crippen molar-refractivity contribution < 1.29 is 0 Å². The first-order valence-electron chi connectivity index (χ1n) is 3.45. The van der Waals surface area contributed by atoms with E-state index in [-0.39, 0.29) is 0 Å². The Labute approximate surface area is 72.5 Å². The first kappa shape index (κ1) is 7.40. The van der Waals surface area contributed by atoms with Crippen molar-refractivity contribution in [2.45, 2.75) is 0 Å². The van der Waals surface area contributed by atoms with Crippen LogP contribution in [0.5, 0.6) is 0 Å². The molecule has 0 atom stereocenters. The maximum Gasteiger partial charge on any atom is 0.246 e. The molecule has 2 aromatic heterocycles. The lowest BCUT2D eigenvalue weighted by atomic mass is 10.9. The Morgan fingerprint density at radius 3 is 2.77 bits per heavy atom. The molecule has 3 N–H and O–H groups in total. The number of nitrogens with zero attached hydrogens (tertiary/aromatic N) is 5. The molecule has 0 unspecified atom stereocenters. The average molecular weight is 178 g/mol. The van der Waals surface area contributed by atoms with Crippen LogP contribution in [0.25, 0.3) is 0 Å². The third-order valence-corrected chi connectivity index (χ3v) is 1.21. The van der Waals surface area contributed by atoms with Gasteiger partial charge in [0.15, 0.2) is 0 Å². The average Bonchev–Trinajstić information content (AvgIpc) is 2.75. The molecule has 0 aliphatic rings. The van der Waals surface area contributed by atoms with E-state index in [4.69, 9.17) is 0 Å². The minimum absolute atomic E-state index is 0.423. The van der Waals surface area contributed by atoms with E-state index in [2.05, 4.69) is 40.7 Å². The Bertz CT molecular complexity index is 359. The Morgan fingerprint density at radius 1 is 1.23 bits per heavy atom. The Hall–Kier alpha value is -2.25. The molecule has 0 aliphatic heterocycles. The molecule has 2 aromatic rings. The summed E-state index contributed by atoms with van der Waals surface area (Å²) in [5.74, 6) is 0.940. The number of aliphatic imine (C=N–C) groups is 1. The van der Waals surface area contributed by atoms with E-state index < -0.39 is 0 Å². The van der Waals surface area contributed by atoms with Crippen molar-refractivity contribution in [2.24, 2.45) is 4.99 Å². The zero-order valence-electron chi connectivity index (χ0n) is 6.47. The van der Waals surface area contributed by atoms with Gasteiger partial charge in [-0.3, -0.25) is 0 Å². The lowest BCUT2D eigenvalue weighted by molar-refractivity contribution is 1.08. The van der Waals surface area contributed by atoms with Gasteiger partial charge in [0.2, 0.25) is 11.9 Å². The summed E-state index contributed by atoms with van der Waals surface area (Å²) in [4.78, 5) is 11.5. The van der Waals surface area contributed by atoms with Crippen molar-refractivity contribution in [3.63, 3.8) is 0 Å². The van der Waals surface area contributed by atoms with Gasteiger partial charge in [0.05, 0.1) is 6.34 Å². The van der Waals surface area contributed by atoms with E-state index in [9.17, 15) is 0 Å². The second kappa shape index (κ2) is 3.43. The van der Waals surface area contributed by atoms with Crippen LogP contribution in [-0.2, 0) is 0 Å². The highest BCUT2D eigenvalue weighted by Gasteiger charge is 1.90. The largest absolute Gasteiger partial charge is 0.315 e. The van der Waals surface area contributed by atoms with Crippen LogP contribution in [0.1, 0.15) is 0 Å². The minimum Gasteiger partial charge on any atom is -0.315 e. The molecule has 2 heterocycles. The lowest BCUT2D eigenvalue weighted by Crippen LogP contribution is -1.96. The quantitative estimate of drug-likeness (QED) is 0.441. The summed E-state index contributed by atoms with van der Waals surface area (Å²) in [6.45, 7) is 0. The Balaban J connectivity index is 1.93. The van der Waals surface area contributed by atoms with E-state index in [0.717, 1.165) is 0 Å². The molecule has 13 heavy (non-hydrogen) atoms. The highest BCUT2D eigenvalue weighted by Crippen LogP contribution is 1.96. The second-order valence-corrected chi connectivity index (χ2v) is 2.05. The highest BCUT2D eigenvalue weighted by molar-refractivity contribution is 5.73. The van der Waals surface area contributed by atoms with Gasteiger partial charge in [0.25, 0.3) is 0 Å². The fourth-order valence-corrected chi connectivity index (χ4v) is 0.691.